The van der Waals surface area contributed by atoms with Gasteiger partial charge in [-0.15, -0.1) is 0 Å². The predicted molar refractivity (Wildman–Crippen MR) is 95.2 cm³/mol. The predicted octanol–water partition coefficient (Wildman–Crippen LogP) is 3.35. The van der Waals surface area contributed by atoms with E-state index in [-0.39, 0.29) is 17.4 Å². The fraction of sp³-hybridized carbons (Fsp3) is 0.167. The summed E-state index contributed by atoms with van der Waals surface area (Å²) >= 11 is 0. The molecule has 0 aromatic heterocycles. The number of non-ortho nitro benzene ring substituents is 1. The second-order valence-electron chi connectivity index (χ2n) is 5.64. The van der Waals surface area contributed by atoms with E-state index >= 15 is 0 Å². The smallest absolute Gasteiger partial charge is 0.294 e. The lowest BCUT2D eigenvalue weighted by Gasteiger charge is -2.30. The Morgan fingerprint density at radius 2 is 1.96 bits per heavy atom. The summed E-state index contributed by atoms with van der Waals surface area (Å²) in [6.07, 6.45) is 2.36. The number of rotatable bonds is 4. The van der Waals surface area contributed by atoms with Gasteiger partial charge in [-0.25, -0.2) is 0 Å². The Bertz CT molecular complexity index is 859. The number of carbonyl (C=O) groups is 1. The van der Waals surface area contributed by atoms with E-state index in [9.17, 15) is 14.9 Å². The number of nitrogens with two attached hydrogens (primary N) is 1. The highest BCUT2D eigenvalue weighted by atomic mass is 16.6. The van der Waals surface area contributed by atoms with Gasteiger partial charge >= 0.3 is 0 Å². The van der Waals surface area contributed by atoms with Crippen LogP contribution in [0.1, 0.15) is 18.9 Å². The Morgan fingerprint density at radius 3 is 2.60 bits per heavy atom. The van der Waals surface area contributed by atoms with E-state index in [0.29, 0.717) is 29.2 Å². The van der Waals surface area contributed by atoms with Crippen LogP contribution in [-0.4, -0.2) is 17.4 Å². The van der Waals surface area contributed by atoms with E-state index in [1.54, 1.807) is 41.3 Å². The molecule has 128 valence electrons. The zero-order chi connectivity index (χ0) is 18.0. The zero-order valence-electron chi connectivity index (χ0n) is 13.6. The summed E-state index contributed by atoms with van der Waals surface area (Å²) < 4.78 is 5.74. The highest BCUT2D eigenvalue weighted by molar-refractivity contribution is 6.10. The summed E-state index contributed by atoms with van der Waals surface area (Å²) in [4.78, 5) is 24.6. The average molecular weight is 339 g/mol. The lowest BCUT2D eigenvalue weighted by molar-refractivity contribution is -0.384. The topological polar surface area (TPSA) is 98.7 Å². The van der Waals surface area contributed by atoms with Crippen molar-refractivity contribution in [1.29, 1.82) is 0 Å². The first-order valence-electron chi connectivity index (χ1n) is 7.85. The number of nitrogens with zero attached hydrogens (tertiary/aromatic N) is 2. The third kappa shape index (κ3) is 3.30. The van der Waals surface area contributed by atoms with Crippen LogP contribution in [0, 0.1) is 10.1 Å². The first kappa shape index (κ1) is 16.5. The minimum atomic E-state index is -0.469. The molecular formula is C18H17N3O4. The summed E-state index contributed by atoms with van der Waals surface area (Å²) in [5.41, 5.74) is 7.65. The molecule has 0 atom stereocenters. The van der Waals surface area contributed by atoms with Gasteiger partial charge in [-0.05, 0) is 48.4 Å². The number of amides is 1. The van der Waals surface area contributed by atoms with Crippen molar-refractivity contribution in [3.05, 3.63) is 63.9 Å². The lowest BCUT2D eigenvalue weighted by atomic mass is 10.1. The second kappa shape index (κ2) is 6.64. The quantitative estimate of drug-likeness (QED) is 0.398. The van der Waals surface area contributed by atoms with E-state index in [0.717, 1.165) is 6.42 Å². The molecule has 1 heterocycles. The Morgan fingerprint density at radius 1 is 1.24 bits per heavy atom. The molecule has 1 amide bonds. The van der Waals surface area contributed by atoms with Crippen molar-refractivity contribution in [2.24, 2.45) is 0 Å². The number of ether oxygens (including phenoxy) is 1. The Labute approximate surface area is 144 Å². The van der Waals surface area contributed by atoms with Gasteiger partial charge in [-0.3, -0.25) is 14.9 Å². The minimum absolute atomic E-state index is 0.00790. The van der Waals surface area contributed by atoms with Crippen molar-refractivity contribution in [3.8, 4) is 5.75 Å². The van der Waals surface area contributed by atoms with Crippen LogP contribution in [0.3, 0.4) is 0 Å². The normalized spacial score (nSPS) is 15.0. The SMILES string of the molecule is CCCN1C(=O)/C(=C\c2ccc([N+](=O)[O-])cc2)Oc2ccc(N)cc21. The van der Waals surface area contributed by atoms with Gasteiger partial charge in [0.05, 0.1) is 10.6 Å². The lowest BCUT2D eigenvalue weighted by Crippen LogP contribution is -2.37. The summed E-state index contributed by atoms with van der Waals surface area (Å²) in [5, 5.41) is 10.7. The van der Waals surface area contributed by atoms with E-state index in [2.05, 4.69) is 0 Å². The largest absolute Gasteiger partial charge is 0.449 e. The molecule has 0 bridgehead atoms. The monoisotopic (exact) mass is 339 g/mol. The number of fused-ring (bicyclic) bond motifs is 1. The highest BCUT2D eigenvalue weighted by Crippen LogP contribution is 2.37. The standard InChI is InChI=1S/C18H17N3O4/c1-2-9-20-15-11-13(19)5-8-16(15)25-17(18(20)22)10-12-3-6-14(7-4-12)21(23)24/h3-8,10-11H,2,9,19H2,1H3/b17-10+. The number of nitro groups is 1. The van der Waals surface area contributed by atoms with Crippen molar-refractivity contribution in [2.75, 3.05) is 17.2 Å². The van der Waals surface area contributed by atoms with Gasteiger partial charge in [0.25, 0.3) is 11.6 Å². The molecule has 1 aliphatic heterocycles. The van der Waals surface area contributed by atoms with Gasteiger partial charge in [-0.1, -0.05) is 6.92 Å². The van der Waals surface area contributed by atoms with Crippen LogP contribution in [0.25, 0.3) is 6.08 Å². The van der Waals surface area contributed by atoms with E-state index < -0.39 is 4.92 Å². The van der Waals surface area contributed by atoms with Crippen LogP contribution in [0.4, 0.5) is 17.1 Å². The van der Waals surface area contributed by atoms with Gasteiger partial charge in [0, 0.05) is 24.4 Å². The molecule has 25 heavy (non-hydrogen) atoms. The zero-order valence-corrected chi connectivity index (χ0v) is 13.6. The molecule has 0 fully saturated rings. The molecule has 7 heteroatoms. The third-order valence-electron chi connectivity index (χ3n) is 3.80. The number of carbonyl (C=O) groups excluding carboxylic acids is 1. The van der Waals surface area contributed by atoms with E-state index in [4.69, 9.17) is 10.5 Å². The van der Waals surface area contributed by atoms with Crippen molar-refractivity contribution in [2.45, 2.75) is 13.3 Å². The number of anilines is 2. The number of hydrogen-bond donors (Lipinski definition) is 1. The molecule has 0 aliphatic carbocycles. The fourth-order valence-electron chi connectivity index (χ4n) is 2.62. The average Bonchev–Trinajstić information content (AvgIpc) is 2.59. The molecule has 0 spiro atoms. The summed E-state index contributed by atoms with van der Waals surface area (Å²) in [6.45, 7) is 2.52. The van der Waals surface area contributed by atoms with E-state index in [1.807, 2.05) is 6.92 Å². The van der Waals surface area contributed by atoms with Gasteiger partial charge in [0.1, 0.15) is 0 Å². The van der Waals surface area contributed by atoms with Crippen LogP contribution in [0.2, 0.25) is 0 Å². The summed E-state index contributed by atoms with van der Waals surface area (Å²) in [5.74, 6) is 0.452. The Hall–Kier alpha value is -3.35. The van der Waals surface area contributed by atoms with Crippen LogP contribution in [0.5, 0.6) is 5.75 Å². The van der Waals surface area contributed by atoms with Crippen LogP contribution >= 0.6 is 0 Å². The molecular weight excluding hydrogens is 322 g/mol. The molecule has 0 saturated heterocycles. The van der Waals surface area contributed by atoms with Gasteiger partial charge in [0.2, 0.25) is 0 Å². The number of nitro benzene ring substituents is 1. The molecule has 0 radical (unpaired) electrons. The number of hydrogen-bond acceptors (Lipinski definition) is 5. The molecule has 1 aliphatic rings. The van der Waals surface area contributed by atoms with Gasteiger partial charge in [-0.2, -0.15) is 0 Å². The van der Waals surface area contributed by atoms with E-state index in [1.165, 1.54) is 12.1 Å². The maximum atomic E-state index is 12.8. The first-order valence-corrected chi connectivity index (χ1v) is 7.85. The fourth-order valence-corrected chi connectivity index (χ4v) is 2.62. The second-order valence-corrected chi connectivity index (χ2v) is 5.64. The molecule has 3 rings (SSSR count). The molecule has 2 aromatic carbocycles. The maximum Gasteiger partial charge on any atom is 0.294 e. The third-order valence-corrected chi connectivity index (χ3v) is 3.80. The Balaban J connectivity index is 1.98. The number of benzene rings is 2. The van der Waals surface area contributed by atoms with Crippen LogP contribution in [0.15, 0.2) is 48.2 Å². The van der Waals surface area contributed by atoms with Crippen molar-refractivity contribution >= 4 is 29.0 Å². The molecule has 2 N–H and O–H groups in total. The summed E-state index contributed by atoms with van der Waals surface area (Å²) in [6, 6.07) is 11.1. The van der Waals surface area contributed by atoms with Crippen molar-refractivity contribution in [1.82, 2.24) is 0 Å². The van der Waals surface area contributed by atoms with Crippen LogP contribution < -0.4 is 15.4 Å². The summed E-state index contributed by atoms with van der Waals surface area (Å²) in [7, 11) is 0. The maximum absolute atomic E-state index is 12.8. The van der Waals surface area contributed by atoms with Crippen LogP contribution in [-0.2, 0) is 4.79 Å². The molecule has 7 nitrogen and oxygen atoms in total. The Kier molecular flexibility index (Phi) is 4.38. The number of nitrogen functional groups attached to an aromatic ring is 1. The van der Waals surface area contributed by atoms with Crippen molar-refractivity contribution < 1.29 is 14.5 Å². The first-order chi connectivity index (χ1) is 12.0. The molecule has 2 aromatic rings. The minimum Gasteiger partial charge on any atom is -0.449 e. The highest BCUT2D eigenvalue weighted by Gasteiger charge is 2.29. The van der Waals surface area contributed by atoms with Gasteiger partial charge in [0.15, 0.2) is 11.5 Å². The van der Waals surface area contributed by atoms with Crippen molar-refractivity contribution in [3.63, 3.8) is 0 Å². The van der Waals surface area contributed by atoms with Gasteiger partial charge < -0.3 is 15.4 Å². The molecule has 0 saturated carbocycles. The molecule has 0 unspecified atom stereocenters.